The Morgan fingerprint density at radius 2 is 1.76 bits per heavy atom. The predicted molar refractivity (Wildman–Crippen MR) is 159 cm³/mol. The molecule has 1 fully saturated rings. The number of nitrogens with zero attached hydrogens (tertiary/aromatic N) is 5. The van der Waals surface area contributed by atoms with Gasteiger partial charge in [0.2, 0.25) is 0 Å². The van der Waals surface area contributed by atoms with Crippen molar-refractivity contribution in [1.29, 1.82) is 0 Å². The summed E-state index contributed by atoms with van der Waals surface area (Å²) in [5.41, 5.74) is 5.51. The minimum absolute atomic E-state index is 0.314. The molecular weight excluding hydrogens is 565 g/mol. The molecular formula is C30H27F3N6O2S. The average Bonchev–Trinajstić information content (AvgIpc) is 3.44. The molecule has 1 aromatic heterocycles. The van der Waals surface area contributed by atoms with Crippen molar-refractivity contribution in [1.82, 2.24) is 20.1 Å². The number of amides is 2. The number of halogens is 3. The van der Waals surface area contributed by atoms with Gasteiger partial charge in [-0.25, -0.2) is 14.5 Å². The Kier molecular flexibility index (Phi) is 8.62. The first-order valence-electron chi connectivity index (χ1n) is 13.1. The second kappa shape index (κ2) is 12.5. The fraction of sp³-hybridized carbons (Fsp3) is 0.200. The number of anilines is 1. The largest absolute Gasteiger partial charge is 0.573 e. The quantitative estimate of drug-likeness (QED) is 0.257. The third kappa shape index (κ3) is 7.19. The Morgan fingerprint density at radius 1 is 1.05 bits per heavy atom. The first kappa shape index (κ1) is 28.9. The first-order chi connectivity index (χ1) is 20.2. The molecule has 0 atom stereocenters. The number of amidine groups is 1. The normalized spacial score (nSPS) is 14.9. The van der Waals surface area contributed by atoms with Crippen molar-refractivity contribution in [3.63, 3.8) is 0 Å². The molecule has 1 aliphatic rings. The van der Waals surface area contributed by atoms with Gasteiger partial charge < -0.3 is 15.0 Å². The van der Waals surface area contributed by atoms with Crippen molar-refractivity contribution in [2.24, 2.45) is 4.99 Å². The molecule has 4 aromatic rings. The van der Waals surface area contributed by atoms with E-state index in [0.717, 1.165) is 46.7 Å². The predicted octanol–water partition coefficient (Wildman–Crippen LogP) is 7.13. The second-order valence-corrected chi connectivity index (χ2v) is 10.5. The first-order valence-corrected chi connectivity index (χ1v) is 14.1. The van der Waals surface area contributed by atoms with Crippen LogP contribution in [0.1, 0.15) is 23.1 Å². The highest BCUT2D eigenvalue weighted by Crippen LogP contribution is 2.31. The fourth-order valence-electron chi connectivity index (χ4n) is 4.48. The number of rotatable bonds is 6. The van der Waals surface area contributed by atoms with Crippen LogP contribution in [0.4, 0.5) is 23.7 Å². The van der Waals surface area contributed by atoms with Gasteiger partial charge in [-0.1, -0.05) is 54.2 Å². The van der Waals surface area contributed by atoms with Crippen molar-refractivity contribution >= 4 is 34.7 Å². The summed E-state index contributed by atoms with van der Waals surface area (Å²) in [5.74, 6) is 1.04. The molecule has 1 aliphatic heterocycles. The number of alkyl halides is 3. The summed E-state index contributed by atoms with van der Waals surface area (Å²) >= 11 is 1.57. The summed E-state index contributed by atoms with van der Waals surface area (Å²) in [7, 11) is 0. The highest BCUT2D eigenvalue weighted by atomic mass is 32.2. The smallest absolute Gasteiger partial charge is 0.406 e. The van der Waals surface area contributed by atoms with Gasteiger partial charge in [-0.15, -0.1) is 18.3 Å². The van der Waals surface area contributed by atoms with Crippen molar-refractivity contribution < 1.29 is 22.7 Å². The highest BCUT2D eigenvalue weighted by Gasteiger charge is 2.31. The number of thioether (sulfide) groups is 1. The molecule has 12 heteroatoms. The van der Waals surface area contributed by atoms with E-state index in [-0.39, 0.29) is 5.75 Å². The van der Waals surface area contributed by atoms with Crippen LogP contribution in [0.3, 0.4) is 0 Å². The molecule has 0 bridgehead atoms. The number of urea groups is 1. The van der Waals surface area contributed by atoms with Crippen LogP contribution in [0.25, 0.3) is 23.2 Å². The Bertz CT molecular complexity index is 1600. The zero-order valence-corrected chi connectivity index (χ0v) is 23.6. The number of nitrogens with one attached hydrogen (secondary N) is 1. The molecule has 2 amide bonds. The van der Waals surface area contributed by atoms with E-state index in [1.807, 2.05) is 30.3 Å². The van der Waals surface area contributed by atoms with Gasteiger partial charge in [-0.3, -0.25) is 0 Å². The molecule has 2 heterocycles. The average molecular weight is 593 g/mol. The molecule has 1 N–H and O–H groups in total. The van der Waals surface area contributed by atoms with Crippen molar-refractivity contribution in [2.75, 3.05) is 17.2 Å². The molecule has 216 valence electrons. The second-order valence-electron chi connectivity index (χ2n) is 9.45. The van der Waals surface area contributed by atoms with E-state index < -0.39 is 12.4 Å². The lowest BCUT2D eigenvalue weighted by Gasteiger charge is -2.31. The maximum absolute atomic E-state index is 12.6. The number of aliphatic imine (C=N–C) groups is 1. The lowest BCUT2D eigenvalue weighted by Crippen LogP contribution is -2.36. The van der Waals surface area contributed by atoms with Gasteiger partial charge in [0.05, 0.1) is 5.69 Å². The summed E-state index contributed by atoms with van der Waals surface area (Å²) in [5, 5.41) is 7.82. The van der Waals surface area contributed by atoms with Crippen LogP contribution < -0.4 is 15.0 Å². The van der Waals surface area contributed by atoms with Gasteiger partial charge in [0.15, 0.2) is 11.0 Å². The van der Waals surface area contributed by atoms with Crippen LogP contribution in [0.15, 0.2) is 84.2 Å². The number of ether oxygens (including phenoxy) is 1. The van der Waals surface area contributed by atoms with Gasteiger partial charge in [0, 0.05) is 29.7 Å². The number of aromatic nitrogens is 3. The SMILES string of the molecule is Cc1cccc(C)c1N1CCCS/C1=N\C(=O)N/C=C/c1ccc(-c2ncn(-c3ccc(OC(F)(F)F)cc3)n2)cc1. The molecule has 8 nitrogen and oxygen atoms in total. The molecule has 0 aliphatic carbocycles. The molecule has 42 heavy (non-hydrogen) atoms. The third-order valence-electron chi connectivity index (χ3n) is 6.37. The van der Waals surface area contributed by atoms with E-state index in [0.29, 0.717) is 16.7 Å². The third-order valence-corrected chi connectivity index (χ3v) is 7.44. The number of hydrogen-bond donors (Lipinski definition) is 1. The minimum atomic E-state index is -4.75. The van der Waals surface area contributed by atoms with Crippen molar-refractivity contribution in [3.8, 4) is 22.8 Å². The van der Waals surface area contributed by atoms with Crippen molar-refractivity contribution in [2.45, 2.75) is 26.6 Å². The Hall–Kier alpha value is -4.58. The van der Waals surface area contributed by atoms with Crippen LogP contribution in [0.2, 0.25) is 0 Å². The van der Waals surface area contributed by atoms with Crippen LogP contribution in [0.5, 0.6) is 5.75 Å². The zero-order chi connectivity index (χ0) is 29.7. The summed E-state index contributed by atoms with van der Waals surface area (Å²) in [6.45, 7) is 4.94. The molecule has 0 spiro atoms. The number of para-hydroxylation sites is 1. The van der Waals surface area contributed by atoms with Crippen LogP contribution in [-0.2, 0) is 0 Å². The van der Waals surface area contributed by atoms with E-state index in [9.17, 15) is 18.0 Å². The fourth-order valence-corrected chi connectivity index (χ4v) is 5.42. The van der Waals surface area contributed by atoms with E-state index >= 15 is 0 Å². The minimum Gasteiger partial charge on any atom is -0.406 e. The molecule has 1 saturated heterocycles. The highest BCUT2D eigenvalue weighted by molar-refractivity contribution is 8.14. The molecule has 0 unspecified atom stereocenters. The monoisotopic (exact) mass is 592 g/mol. The standard InChI is InChI=1S/C30H27F3N6O2S/c1-20-5-3-6-21(2)26(20)38-17-4-18-42-29(38)36-28(40)34-16-15-22-7-9-23(10-8-22)27-35-19-39(37-27)24-11-13-25(14-12-24)41-30(31,32)33/h3,5-16,19H,4,17-18H2,1-2H3,(H,34,40)/b16-15+,36-29-. The van der Waals surface area contributed by atoms with Gasteiger partial charge in [-0.05, 0) is 67.3 Å². The molecule has 5 rings (SSSR count). The lowest BCUT2D eigenvalue weighted by atomic mass is 10.1. The van der Waals surface area contributed by atoms with Gasteiger partial charge >= 0.3 is 12.4 Å². The van der Waals surface area contributed by atoms with E-state index in [4.69, 9.17) is 0 Å². The maximum atomic E-state index is 12.6. The number of aryl methyl sites for hydroxylation is 2. The number of carbonyl (C=O) groups excluding carboxylic acids is 1. The summed E-state index contributed by atoms with van der Waals surface area (Å²) in [6.07, 6.45) is 1.05. The van der Waals surface area contributed by atoms with E-state index in [2.05, 4.69) is 56.0 Å². The lowest BCUT2D eigenvalue weighted by molar-refractivity contribution is -0.274. The Labute approximate surface area is 244 Å². The van der Waals surface area contributed by atoms with Gasteiger partial charge in [0.1, 0.15) is 12.1 Å². The van der Waals surface area contributed by atoms with Crippen LogP contribution in [-0.4, -0.2) is 44.6 Å². The number of hydrogen-bond acceptors (Lipinski definition) is 5. The molecule has 3 aromatic carbocycles. The van der Waals surface area contributed by atoms with E-state index in [1.54, 1.807) is 24.0 Å². The summed E-state index contributed by atoms with van der Waals surface area (Å²) in [6, 6.07) is 18.4. The van der Waals surface area contributed by atoms with Crippen LogP contribution >= 0.6 is 11.8 Å². The zero-order valence-electron chi connectivity index (χ0n) is 22.8. The van der Waals surface area contributed by atoms with E-state index in [1.165, 1.54) is 35.3 Å². The van der Waals surface area contributed by atoms with Gasteiger partial charge in [-0.2, -0.15) is 4.99 Å². The molecule has 0 saturated carbocycles. The topological polar surface area (TPSA) is 84.6 Å². The summed E-state index contributed by atoms with van der Waals surface area (Å²) < 4.78 is 42.5. The van der Waals surface area contributed by atoms with Crippen molar-refractivity contribution in [3.05, 3.63) is 95.9 Å². The number of carbonyl (C=O) groups is 1. The maximum Gasteiger partial charge on any atom is 0.573 e. The number of benzene rings is 3. The Morgan fingerprint density at radius 3 is 2.45 bits per heavy atom. The van der Waals surface area contributed by atoms with Gasteiger partial charge in [0.25, 0.3) is 0 Å². The molecule has 0 radical (unpaired) electrons. The summed E-state index contributed by atoms with van der Waals surface area (Å²) in [4.78, 5) is 23.4. The van der Waals surface area contributed by atoms with Crippen LogP contribution in [0, 0.1) is 13.8 Å². The Balaban J connectivity index is 1.20.